The van der Waals surface area contributed by atoms with E-state index in [0.29, 0.717) is 17.7 Å². The summed E-state index contributed by atoms with van der Waals surface area (Å²) in [4.78, 5) is 10.9. The van der Waals surface area contributed by atoms with Crippen molar-refractivity contribution < 1.29 is 9.90 Å². The minimum Gasteiger partial charge on any atom is -0.481 e. The molecule has 0 heterocycles. The van der Waals surface area contributed by atoms with Crippen LogP contribution in [0.25, 0.3) is 0 Å². The molecule has 12 heavy (non-hydrogen) atoms. The van der Waals surface area contributed by atoms with Gasteiger partial charge >= 0.3 is 5.97 Å². The molecule has 3 atom stereocenters. The van der Waals surface area contributed by atoms with Gasteiger partial charge < -0.3 is 5.11 Å². The molecule has 2 aliphatic rings. The highest BCUT2D eigenvalue weighted by Gasteiger charge is 2.51. The van der Waals surface area contributed by atoms with E-state index in [1.807, 2.05) is 12.2 Å². The summed E-state index contributed by atoms with van der Waals surface area (Å²) in [6.07, 6.45) is 5.36. The van der Waals surface area contributed by atoms with Crippen molar-refractivity contribution in [2.45, 2.75) is 12.8 Å². The molecule has 0 aromatic carbocycles. The largest absolute Gasteiger partial charge is 0.481 e. The number of allylic oxidation sites excluding steroid dienone is 1. The summed E-state index contributed by atoms with van der Waals surface area (Å²) in [5, 5.41) is 9.01. The van der Waals surface area contributed by atoms with Crippen LogP contribution in [0.15, 0.2) is 12.2 Å². The lowest BCUT2D eigenvalue weighted by Gasteiger charge is -2.20. The molecule has 0 aromatic rings. The van der Waals surface area contributed by atoms with Gasteiger partial charge in [0.25, 0.3) is 0 Å². The van der Waals surface area contributed by atoms with Crippen LogP contribution in [0.5, 0.6) is 0 Å². The highest BCUT2D eigenvalue weighted by atomic mass is 35.5. The summed E-state index contributed by atoms with van der Waals surface area (Å²) < 4.78 is 0. The number of hydrogen-bond donors (Lipinski definition) is 1. The maximum Gasteiger partial charge on any atom is 0.313 e. The van der Waals surface area contributed by atoms with Crippen molar-refractivity contribution in [2.24, 2.45) is 17.3 Å². The van der Waals surface area contributed by atoms with Crippen molar-refractivity contribution in [1.82, 2.24) is 0 Å². The third-order valence-electron chi connectivity index (χ3n) is 3.12. The third kappa shape index (κ3) is 0.908. The topological polar surface area (TPSA) is 37.3 Å². The van der Waals surface area contributed by atoms with Crippen molar-refractivity contribution >= 4 is 17.6 Å². The fourth-order valence-corrected chi connectivity index (χ4v) is 2.71. The molecule has 0 amide bonds. The highest BCUT2D eigenvalue weighted by molar-refractivity contribution is 6.18. The quantitative estimate of drug-likeness (QED) is 0.528. The van der Waals surface area contributed by atoms with E-state index in [2.05, 4.69) is 0 Å². The molecular weight excluding hydrogens is 176 g/mol. The van der Waals surface area contributed by atoms with Gasteiger partial charge in [-0.3, -0.25) is 4.79 Å². The monoisotopic (exact) mass is 186 g/mol. The molecule has 66 valence electrons. The molecule has 1 saturated carbocycles. The Morgan fingerprint density at radius 1 is 1.67 bits per heavy atom. The van der Waals surface area contributed by atoms with Gasteiger partial charge in [-0.25, -0.2) is 0 Å². The smallest absolute Gasteiger partial charge is 0.313 e. The Bertz CT molecular complexity index is 249. The van der Waals surface area contributed by atoms with Crippen LogP contribution >= 0.6 is 11.6 Å². The zero-order valence-corrected chi connectivity index (χ0v) is 7.42. The number of carboxylic acid groups (broad SMARTS) is 1. The first-order chi connectivity index (χ1) is 5.68. The number of carboxylic acids is 1. The first-order valence-electron chi connectivity index (χ1n) is 4.17. The Kier molecular flexibility index (Phi) is 1.69. The molecule has 2 bridgehead atoms. The van der Waals surface area contributed by atoms with E-state index in [0.717, 1.165) is 12.8 Å². The van der Waals surface area contributed by atoms with Gasteiger partial charge in [-0.2, -0.15) is 0 Å². The molecule has 0 aliphatic heterocycles. The second-order valence-electron chi connectivity index (χ2n) is 3.81. The lowest BCUT2D eigenvalue weighted by molar-refractivity contribution is -0.145. The second-order valence-corrected chi connectivity index (χ2v) is 4.12. The van der Waals surface area contributed by atoms with Gasteiger partial charge in [0.15, 0.2) is 0 Å². The molecule has 1 fully saturated rings. The summed E-state index contributed by atoms with van der Waals surface area (Å²) >= 11 is 5.74. The predicted octanol–water partition coefficient (Wildman–Crippen LogP) is 1.89. The molecule has 0 spiro atoms. The van der Waals surface area contributed by atoms with E-state index in [4.69, 9.17) is 16.7 Å². The standard InChI is InChI=1S/C9H11ClO2/c10-5-7-4-9(8(11)12)2-1-6(7)3-9/h1-2,6-7H,3-5H2,(H,11,12). The van der Waals surface area contributed by atoms with Crippen molar-refractivity contribution in [3.8, 4) is 0 Å². The minimum absolute atomic E-state index is 0.382. The average molecular weight is 187 g/mol. The molecule has 1 N–H and O–H groups in total. The zero-order valence-electron chi connectivity index (χ0n) is 6.66. The van der Waals surface area contributed by atoms with E-state index in [-0.39, 0.29) is 0 Å². The fraction of sp³-hybridized carbons (Fsp3) is 0.667. The lowest BCUT2D eigenvalue weighted by Crippen LogP contribution is -2.25. The molecule has 2 rings (SSSR count). The van der Waals surface area contributed by atoms with Crippen LogP contribution in [-0.2, 0) is 4.79 Å². The number of hydrogen-bond acceptors (Lipinski definition) is 1. The van der Waals surface area contributed by atoms with Crippen molar-refractivity contribution in [3.05, 3.63) is 12.2 Å². The van der Waals surface area contributed by atoms with Crippen molar-refractivity contribution in [3.63, 3.8) is 0 Å². The first kappa shape index (κ1) is 8.11. The second kappa shape index (κ2) is 2.49. The lowest BCUT2D eigenvalue weighted by atomic mass is 9.85. The van der Waals surface area contributed by atoms with E-state index in [1.165, 1.54) is 0 Å². The van der Waals surface area contributed by atoms with Crippen molar-refractivity contribution in [1.29, 1.82) is 0 Å². The van der Waals surface area contributed by atoms with Gasteiger partial charge in [0.1, 0.15) is 0 Å². The highest BCUT2D eigenvalue weighted by Crippen LogP contribution is 2.52. The fourth-order valence-electron chi connectivity index (χ4n) is 2.37. The summed E-state index contributed by atoms with van der Waals surface area (Å²) in [6.45, 7) is 0. The Balaban J connectivity index is 2.24. The maximum atomic E-state index is 10.9. The van der Waals surface area contributed by atoms with Gasteiger partial charge in [-0.15, -0.1) is 11.6 Å². The molecule has 3 heteroatoms. The number of halogens is 1. The van der Waals surface area contributed by atoms with Crippen molar-refractivity contribution in [2.75, 3.05) is 5.88 Å². The van der Waals surface area contributed by atoms with Crippen LogP contribution in [0.1, 0.15) is 12.8 Å². The van der Waals surface area contributed by atoms with E-state index in [1.54, 1.807) is 0 Å². The number of aliphatic carboxylic acids is 1. The summed E-state index contributed by atoms with van der Waals surface area (Å²) in [7, 11) is 0. The van der Waals surface area contributed by atoms with Crippen LogP contribution < -0.4 is 0 Å². The number of carbonyl (C=O) groups is 1. The molecule has 0 aromatic heterocycles. The number of alkyl halides is 1. The normalized spacial score (nSPS) is 43.8. The van der Waals surface area contributed by atoms with Gasteiger partial charge in [0, 0.05) is 5.88 Å². The minimum atomic E-state index is -0.686. The summed E-state index contributed by atoms with van der Waals surface area (Å²) in [5.41, 5.74) is -0.565. The van der Waals surface area contributed by atoms with Gasteiger partial charge in [-0.05, 0) is 24.7 Å². The van der Waals surface area contributed by atoms with Gasteiger partial charge in [0.2, 0.25) is 0 Å². The van der Waals surface area contributed by atoms with Gasteiger partial charge in [0.05, 0.1) is 5.41 Å². The van der Waals surface area contributed by atoms with E-state index >= 15 is 0 Å². The first-order valence-corrected chi connectivity index (χ1v) is 4.70. The summed E-state index contributed by atoms with van der Waals surface area (Å²) in [6, 6.07) is 0. The number of fused-ring (bicyclic) bond motifs is 2. The van der Waals surface area contributed by atoms with Crippen LogP contribution in [0.3, 0.4) is 0 Å². The molecule has 2 aliphatic carbocycles. The molecule has 3 unspecified atom stereocenters. The van der Waals surface area contributed by atoms with E-state index < -0.39 is 11.4 Å². The molecule has 0 saturated heterocycles. The molecular formula is C9H11ClO2. The zero-order chi connectivity index (χ0) is 8.77. The Hall–Kier alpha value is -0.500. The van der Waals surface area contributed by atoms with Crippen LogP contribution in [0.4, 0.5) is 0 Å². The Morgan fingerprint density at radius 2 is 2.42 bits per heavy atom. The van der Waals surface area contributed by atoms with Crippen LogP contribution in [-0.4, -0.2) is 17.0 Å². The SMILES string of the molecule is O=C(O)C12C=CC(C1)C(CCl)C2. The molecule has 0 radical (unpaired) electrons. The average Bonchev–Trinajstić information content (AvgIpc) is 2.61. The van der Waals surface area contributed by atoms with Crippen LogP contribution in [0.2, 0.25) is 0 Å². The number of rotatable bonds is 2. The summed E-state index contributed by atoms with van der Waals surface area (Å²) in [5.74, 6) is 0.699. The predicted molar refractivity (Wildman–Crippen MR) is 46.1 cm³/mol. The van der Waals surface area contributed by atoms with Crippen LogP contribution in [0, 0.1) is 17.3 Å². The maximum absolute atomic E-state index is 10.9. The van der Waals surface area contributed by atoms with E-state index in [9.17, 15) is 4.79 Å². The Morgan fingerprint density at radius 3 is 2.83 bits per heavy atom. The third-order valence-corrected chi connectivity index (χ3v) is 3.51. The Labute approximate surface area is 76.2 Å². The van der Waals surface area contributed by atoms with Gasteiger partial charge in [-0.1, -0.05) is 12.2 Å². The molecule has 2 nitrogen and oxygen atoms in total.